The molecule has 1 heterocycles. The molecule has 2 fully saturated rings. The first-order valence-corrected chi connectivity index (χ1v) is 6.77. The maximum atomic E-state index is 8.88. The van der Waals surface area contributed by atoms with Crippen LogP contribution in [0.1, 0.15) is 27.2 Å². The summed E-state index contributed by atoms with van der Waals surface area (Å²) in [6.45, 7) is 7.41. The molecule has 2 aliphatic rings. The summed E-state index contributed by atoms with van der Waals surface area (Å²) in [6, 6.07) is 0.325. The zero-order valence-corrected chi connectivity index (χ0v) is 11.8. The van der Waals surface area contributed by atoms with Gasteiger partial charge in [0.25, 0.3) is 0 Å². The molecule has 2 rings (SSSR count). The van der Waals surface area contributed by atoms with Crippen molar-refractivity contribution in [1.82, 2.24) is 4.90 Å². The van der Waals surface area contributed by atoms with Crippen molar-refractivity contribution in [3.63, 3.8) is 0 Å². The van der Waals surface area contributed by atoms with Gasteiger partial charge in [-0.25, -0.2) is 0 Å². The molecule has 106 valence electrons. The van der Waals surface area contributed by atoms with Crippen molar-refractivity contribution >= 4 is 0 Å². The van der Waals surface area contributed by atoms with E-state index in [1.165, 1.54) is 0 Å². The summed E-state index contributed by atoms with van der Waals surface area (Å²) >= 11 is 0. The van der Waals surface area contributed by atoms with Crippen molar-refractivity contribution in [2.75, 3.05) is 26.8 Å². The lowest BCUT2D eigenvalue weighted by atomic mass is 10.2. The summed E-state index contributed by atoms with van der Waals surface area (Å²) in [5.74, 6) is -0.538. The third-order valence-electron chi connectivity index (χ3n) is 3.87. The van der Waals surface area contributed by atoms with Gasteiger partial charge in [0.2, 0.25) is 0 Å². The highest BCUT2D eigenvalue weighted by Gasteiger charge is 2.55. The standard InChI is InChI=1S/C13H25NO4/c1-5-14(4)9-8-10(16-7-6-15)12-11(9)17-13(2,3)18-12/h9-12,15H,5-8H2,1-4H3. The van der Waals surface area contributed by atoms with Crippen LogP contribution in [0.2, 0.25) is 0 Å². The van der Waals surface area contributed by atoms with Gasteiger partial charge in [0, 0.05) is 6.04 Å². The Bertz CT molecular complexity index is 284. The van der Waals surface area contributed by atoms with Gasteiger partial charge in [-0.1, -0.05) is 6.92 Å². The van der Waals surface area contributed by atoms with Crippen LogP contribution in [0.5, 0.6) is 0 Å². The van der Waals surface area contributed by atoms with Crippen molar-refractivity contribution in [3.8, 4) is 0 Å². The topological polar surface area (TPSA) is 51.2 Å². The summed E-state index contributed by atoms with van der Waals surface area (Å²) in [5, 5.41) is 8.88. The van der Waals surface area contributed by atoms with Crippen LogP contribution in [0.4, 0.5) is 0 Å². The molecule has 5 nitrogen and oxygen atoms in total. The van der Waals surface area contributed by atoms with Crippen molar-refractivity contribution < 1.29 is 19.3 Å². The number of ether oxygens (including phenoxy) is 3. The van der Waals surface area contributed by atoms with Gasteiger partial charge < -0.3 is 24.2 Å². The number of fused-ring (bicyclic) bond motifs is 1. The van der Waals surface area contributed by atoms with E-state index in [-0.39, 0.29) is 24.9 Å². The van der Waals surface area contributed by atoms with E-state index >= 15 is 0 Å². The van der Waals surface area contributed by atoms with E-state index in [2.05, 4.69) is 18.9 Å². The fourth-order valence-corrected chi connectivity index (χ4v) is 2.94. The van der Waals surface area contributed by atoms with E-state index in [9.17, 15) is 0 Å². The van der Waals surface area contributed by atoms with Crippen LogP contribution in [0.25, 0.3) is 0 Å². The summed E-state index contributed by atoms with van der Waals surface area (Å²) in [6.07, 6.45) is 0.956. The van der Waals surface area contributed by atoms with Crippen molar-refractivity contribution in [3.05, 3.63) is 0 Å². The molecule has 4 unspecified atom stereocenters. The van der Waals surface area contributed by atoms with Crippen LogP contribution in [-0.4, -0.2) is 67.0 Å². The average Bonchev–Trinajstić information content (AvgIpc) is 2.79. The first-order valence-electron chi connectivity index (χ1n) is 6.77. The number of likely N-dealkylation sites (N-methyl/N-ethyl adjacent to an activating group) is 1. The molecule has 1 saturated heterocycles. The third kappa shape index (κ3) is 2.70. The number of hydrogen-bond donors (Lipinski definition) is 1. The Hall–Kier alpha value is -0.200. The van der Waals surface area contributed by atoms with Crippen LogP contribution < -0.4 is 0 Å². The molecule has 1 aliphatic heterocycles. The molecule has 1 aliphatic carbocycles. The van der Waals surface area contributed by atoms with Gasteiger partial charge in [0.05, 0.1) is 19.3 Å². The van der Waals surface area contributed by atoms with Crippen LogP contribution >= 0.6 is 0 Å². The summed E-state index contributed by atoms with van der Waals surface area (Å²) in [5.41, 5.74) is 0. The van der Waals surface area contributed by atoms with E-state index in [0.29, 0.717) is 12.6 Å². The van der Waals surface area contributed by atoms with Gasteiger partial charge in [-0.2, -0.15) is 0 Å². The Labute approximate surface area is 109 Å². The highest BCUT2D eigenvalue weighted by Crippen LogP contribution is 2.41. The van der Waals surface area contributed by atoms with E-state index in [1.807, 2.05) is 13.8 Å². The van der Waals surface area contributed by atoms with Gasteiger partial charge >= 0.3 is 0 Å². The highest BCUT2D eigenvalue weighted by molar-refractivity contribution is 5.03. The Morgan fingerprint density at radius 3 is 2.61 bits per heavy atom. The zero-order valence-electron chi connectivity index (χ0n) is 11.8. The molecule has 4 atom stereocenters. The molecule has 0 radical (unpaired) electrons. The second kappa shape index (κ2) is 5.43. The number of aliphatic hydroxyl groups is 1. The van der Waals surface area contributed by atoms with Gasteiger partial charge in [0.15, 0.2) is 5.79 Å². The van der Waals surface area contributed by atoms with Crippen LogP contribution in [0.15, 0.2) is 0 Å². The van der Waals surface area contributed by atoms with Crippen LogP contribution in [0.3, 0.4) is 0 Å². The SMILES string of the molecule is CCN(C)C1CC(OCCO)C2OC(C)(C)OC21. The van der Waals surface area contributed by atoms with Gasteiger partial charge in [-0.3, -0.25) is 0 Å². The second-order valence-electron chi connectivity index (χ2n) is 5.57. The smallest absolute Gasteiger partial charge is 0.163 e. The largest absolute Gasteiger partial charge is 0.394 e. The summed E-state index contributed by atoms with van der Waals surface area (Å²) in [7, 11) is 2.10. The lowest BCUT2D eigenvalue weighted by Gasteiger charge is -2.28. The number of hydrogen-bond acceptors (Lipinski definition) is 5. The lowest BCUT2D eigenvalue weighted by molar-refractivity contribution is -0.172. The number of rotatable bonds is 5. The van der Waals surface area contributed by atoms with Gasteiger partial charge in [0.1, 0.15) is 12.2 Å². The quantitative estimate of drug-likeness (QED) is 0.784. The molecule has 0 aromatic carbocycles. The van der Waals surface area contributed by atoms with Crippen LogP contribution in [-0.2, 0) is 14.2 Å². The maximum absolute atomic E-state index is 8.88. The zero-order chi connectivity index (χ0) is 13.3. The van der Waals surface area contributed by atoms with Crippen molar-refractivity contribution in [2.24, 2.45) is 0 Å². The number of nitrogens with zero attached hydrogens (tertiary/aromatic N) is 1. The predicted octanol–water partition coefficient (Wildman–Crippen LogP) is 0.608. The molecule has 5 heteroatoms. The molecular formula is C13H25NO4. The molecule has 0 bridgehead atoms. The Balaban J connectivity index is 2.07. The molecule has 18 heavy (non-hydrogen) atoms. The second-order valence-corrected chi connectivity index (χ2v) is 5.57. The average molecular weight is 259 g/mol. The number of aliphatic hydroxyl groups excluding tert-OH is 1. The normalized spacial score (nSPS) is 38.3. The summed E-state index contributed by atoms with van der Waals surface area (Å²) in [4.78, 5) is 2.28. The monoisotopic (exact) mass is 259 g/mol. The first kappa shape index (κ1) is 14.2. The Morgan fingerprint density at radius 1 is 1.33 bits per heavy atom. The lowest BCUT2D eigenvalue weighted by Crippen LogP contribution is -2.40. The molecule has 1 N–H and O–H groups in total. The van der Waals surface area contributed by atoms with E-state index in [0.717, 1.165) is 13.0 Å². The fourth-order valence-electron chi connectivity index (χ4n) is 2.94. The van der Waals surface area contributed by atoms with Gasteiger partial charge in [-0.05, 0) is 33.9 Å². The minimum absolute atomic E-state index is 0.0166. The van der Waals surface area contributed by atoms with E-state index in [1.54, 1.807) is 0 Å². The Kier molecular flexibility index (Phi) is 4.29. The minimum Gasteiger partial charge on any atom is -0.394 e. The molecule has 1 saturated carbocycles. The molecular weight excluding hydrogens is 234 g/mol. The van der Waals surface area contributed by atoms with E-state index < -0.39 is 5.79 Å². The first-order chi connectivity index (χ1) is 8.48. The fraction of sp³-hybridized carbons (Fsp3) is 1.00. The summed E-state index contributed by atoms with van der Waals surface area (Å²) < 4.78 is 17.7. The van der Waals surface area contributed by atoms with Crippen LogP contribution in [0, 0.1) is 0 Å². The molecule has 0 aromatic rings. The highest BCUT2D eigenvalue weighted by atomic mass is 16.8. The van der Waals surface area contributed by atoms with Crippen molar-refractivity contribution in [1.29, 1.82) is 0 Å². The van der Waals surface area contributed by atoms with Crippen molar-refractivity contribution in [2.45, 2.75) is 57.3 Å². The maximum Gasteiger partial charge on any atom is 0.163 e. The minimum atomic E-state index is -0.538. The Morgan fingerprint density at radius 2 is 2.00 bits per heavy atom. The molecule has 0 spiro atoms. The molecule has 0 aromatic heterocycles. The third-order valence-corrected chi connectivity index (χ3v) is 3.87. The predicted molar refractivity (Wildman–Crippen MR) is 67.4 cm³/mol. The molecule has 0 amide bonds. The van der Waals surface area contributed by atoms with E-state index in [4.69, 9.17) is 19.3 Å². The van der Waals surface area contributed by atoms with Gasteiger partial charge in [-0.15, -0.1) is 0 Å².